The molecule has 2 unspecified atom stereocenters. The van der Waals surface area contributed by atoms with Crippen molar-refractivity contribution in [2.75, 3.05) is 0 Å². The Morgan fingerprint density at radius 1 is 1.10 bits per heavy atom. The Labute approximate surface area is 116 Å². The smallest absolute Gasteiger partial charge is 0.269 e. The Bertz CT molecular complexity index is 666. The second-order valence-corrected chi connectivity index (χ2v) is 5.03. The van der Waals surface area contributed by atoms with Gasteiger partial charge in [-0.25, -0.2) is 0 Å². The zero-order valence-corrected chi connectivity index (χ0v) is 10.7. The number of carbonyl (C=O) groups is 1. The summed E-state index contributed by atoms with van der Waals surface area (Å²) in [6.07, 6.45) is 0.773. The molecule has 4 nitrogen and oxygen atoms in total. The van der Waals surface area contributed by atoms with E-state index in [9.17, 15) is 14.9 Å². The van der Waals surface area contributed by atoms with E-state index in [1.54, 1.807) is 12.1 Å². The number of hydrogen-bond acceptors (Lipinski definition) is 3. The molecule has 0 N–H and O–H groups in total. The lowest BCUT2D eigenvalue weighted by molar-refractivity contribution is -0.384. The molecule has 4 heteroatoms. The Balaban J connectivity index is 1.78. The first-order chi connectivity index (χ1) is 9.66. The van der Waals surface area contributed by atoms with Crippen molar-refractivity contribution in [3.8, 4) is 0 Å². The molecule has 1 saturated carbocycles. The van der Waals surface area contributed by atoms with Crippen molar-refractivity contribution in [2.45, 2.75) is 12.3 Å². The van der Waals surface area contributed by atoms with E-state index >= 15 is 0 Å². The highest BCUT2D eigenvalue weighted by atomic mass is 16.6. The molecule has 0 saturated heterocycles. The highest BCUT2D eigenvalue weighted by molar-refractivity contribution is 6.00. The second-order valence-electron chi connectivity index (χ2n) is 5.03. The van der Waals surface area contributed by atoms with Crippen LogP contribution in [-0.2, 0) is 0 Å². The molecular formula is C16H13NO3. The van der Waals surface area contributed by atoms with Crippen molar-refractivity contribution in [1.29, 1.82) is 0 Å². The summed E-state index contributed by atoms with van der Waals surface area (Å²) in [4.78, 5) is 22.6. The van der Waals surface area contributed by atoms with Crippen LogP contribution >= 0.6 is 0 Å². The molecule has 0 amide bonds. The molecule has 0 aliphatic heterocycles. The summed E-state index contributed by atoms with van der Waals surface area (Å²) in [6, 6.07) is 15.8. The number of nitrogens with zero attached hydrogens (tertiary/aromatic N) is 1. The van der Waals surface area contributed by atoms with Gasteiger partial charge >= 0.3 is 0 Å². The first-order valence-electron chi connectivity index (χ1n) is 6.50. The van der Waals surface area contributed by atoms with Crippen LogP contribution in [0.2, 0.25) is 0 Å². The fourth-order valence-electron chi connectivity index (χ4n) is 2.54. The van der Waals surface area contributed by atoms with Crippen LogP contribution in [0.4, 0.5) is 5.69 Å². The number of ketones is 1. The maximum absolute atomic E-state index is 12.3. The molecular weight excluding hydrogens is 254 g/mol. The Morgan fingerprint density at radius 3 is 2.55 bits per heavy atom. The van der Waals surface area contributed by atoms with E-state index in [1.807, 2.05) is 36.4 Å². The maximum atomic E-state index is 12.3. The molecule has 100 valence electrons. The number of Topliss-reactive ketones (excluding diaryl/α,β-unsaturated/α-hetero) is 1. The summed E-state index contributed by atoms with van der Waals surface area (Å²) in [5.41, 5.74) is 1.68. The third kappa shape index (κ3) is 2.32. The molecule has 2 aromatic rings. The third-order valence-electron chi connectivity index (χ3n) is 3.69. The maximum Gasteiger partial charge on any atom is 0.269 e. The first-order valence-corrected chi connectivity index (χ1v) is 6.50. The summed E-state index contributed by atoms with van der Waals surface area (Å²) in [5, 5.41) is 10.8. The number of rotatable bonds is 4. The summed E-state index contributed by atoms with van der Waals surface area (Å²) < 4.78 is 0. The van der Waals surface area contributed by atoms with Gasteiger partial charge in [-0.1, -0.05) is 42.5 Å². The molecule has 0 aromatic heterocycles. The summed E-state index contributed by atoms with van der Waals surface area (Å²) >= 11 is 0. The first kappa shape index (κ1) is 12.5. The van der Waals surface area contributed by atoms with Crippen molar-refractivity contribution in [3.63, 3.8) is 0 Å². The number of nitro groups is 1. The lowest BCUT2D eigenvalue weighted by atomic mass is 10.0. The predicted octanol–water partition coefficient (Wildman–Crippen LogP) is 3.58. The molecule has 0 spiro atoms. The largest absolute Gasteiger partial charge is 0.294 e. The Hall–Kier alpha value is -2.49. The van der Waals surface area contributed by atoms with Crippen LogP contribution in [0.5, 0.6) is 0 Å². The standard InChI is InChI=1S/C16H13NO3/c18-16(11-5-2-1-3-6-11)15-10-14(15)12-7-4-8-13(9-12)17(19)20/h1-9,14-15H,10H2. The number of hydrogen-bond donors (Lipinski definition) is 0. The van der Waals surface area contributed by atoms with Gasteiger partial charge in [-0.15, -0.1) is 0 Å². The van der Waals surface area contributed by atoms with E-state index in [-0.39, 0.29) is 23.3 Å². The van der Waals surface area contributed by atoms with E-state index in [2.05, 4.69) is 0 Å². The molecule has 0 bridgehead atoms. The van der Waals surface area contributed by atoms with Crippen molar-refractivity contribution < 1.29 is 9.72 Å². The molecule has 0 radical (unpaired) electrons. The van der Waals surface area contributed by atoms with Crippen molar-refractivity contribution in [2.24, 2.45) is 5.92 Å². The van der Waals surface area contributed by atoms with Gasteiger partial charge < -0.3 is 0 Å². The Kier molecular flexibility index (Phi) is 3.06. The topological polar surface area (TPSA) is 60.2 Å². The third-order valence-corrected chi connectivity index (χ3v) is 3.69. The fourth-order valence-corrected chi connectivity index (χ4v) is 2.54. The minimum Gasteiger partial charge on any atom is -0.294 e. The number of non-ortho nitro benzene ring substituents is 1. The summed E-state index contributed by atoms with van der Waals surface area (Å²) in [5.74, 6) is 0.198. The quantitative estimate of drug-likeness (QED) is 0.483. The van der Waals surface area contributed by atoms with Gasteiger partial charge in [0.05, 0.1) is 4.92 Å². The van der Waals surface area contributed by atoms with Crippen molar-refractivity contribution >= 4 is 11.5 Å². The van der Waals surface area contributed by atoms with E-state index in [0.717, 1.165) is 12.0 Å². The van der Waals surface area contributed by atoms with Gasteiger partial charge in [0.2, 0.25) is 0 Å². The van der Waals surface area contributed by atoms with E-state index in [0.29, 0.717) is 5.56 Å². The number of nitro benzene ring substituents is 1. The highest BCUT2D eigenvalue weighted by Crippen LogP contribution is 2.49. The van der Waals surface area contributed by atoms with Gasteiger partial charge in [0.1, 0.15) is 0 Å². The molecule has 1 aliphatic carbocycles. The minimum absolute atomic E-state index is 0.0422. The lowest BCUT2D eigenvalue weighted by Gasteiger charge is -2.01. The molecule has 20 heavy (non-hydrogen) atoms. The van der Waals surface area contributed by atoms with Crippen LogP contribution < -0.4 is 0 Å². The van der Waals surface area contributed by atoms with Gasteiger partial charge in [-0.3, -0.25) is 14.9 Å². The molecule has 2 aromatic carbocycles. The number of carbonyl (C=O) groups excluding carboxylic acids is 1. The Morgan fingerprint density at radius 2 is 1.85 bits per heavy atom. The predicted molar refractivity (Wildman–Crippen MR) is 74.7 cm³/mol. The van der Waals surface area contributed by atoms with Crippen molar-refractivity contribution in [3.05, 3.63) is 75.8 Å². The molecule has 1 fully saturated rings. The van der Waals surface area contributed by atoms with Gasteiger partial charge in [0.25, 0.3) is 5.69 Å². The van der Waals surface area contributed by atoms with Crippen molar-refractivity contribution in [1.82, 2.24) is 0 Å². The van der Waals surface area contributed by atoms with Gasteiger partial charge in [0.15, 0.2) is 5.78 Å². The zero-order chi connectivity index (χ0) is 14.1. The minimum atomic E-state index is -0.403. The fraction of sp³-hybridized carbons (Fsp3) is 0.188. The van der Waals surface area contributed by atoms with E-state index in [4.69, 9.17) is 0 Å². The van der Waals surface area contributed by atoms with Crippen LogP contribution in [0.25, 0.3) is 0 Å². The van der Waals surface area contributed by atoms with Gasteiger partial charge in [0, 0.05) is 23.6 Å². The van der Waals surface area contributed by atoms with Crippen LogP contribution in [0.1, 0.15) is 28.3 Å². The van der Waals surface area contributed by atoms with E-state index < -0.39 is 4.92 Å². The normalized spacial score (nSPS) is 20.4. The summed E-state index contributed by atoms with van der Waals surface area (Å²) in [6.45, 7) is 0. The summed E-state index contributed by atoms with van der Waals surface area (Å²) in [7, 11) is 0. The lowest BCUT2D eigenvalue weighted by Crippen LogP contribution is -2.02. The zero-order valence-electron chi connectivity index (χ0n) is 10.7. The van der Waals surface area contributed by atoms with Crippen LogP contribution in [0.3, 0.4) is 0 Å². The van der Waals surface area contributed by atoms with Crippen LogP contribution in [0.15, 0.2) is 54.6 Å². The average Bonchev–Trinajstić information content (AvgIpc) is 3.28. The van der Waals surface area contributed by atoms with E-state index in [1.165, 1.54) is 6.07 Å². The molecule has 1 aliphatic rings. The number of benzene rings is 2. The molecule has 3 rings (SSSR count). The molecule has 2 atom stereocenters. The van der Waals surface area contributed by atoms with Crippen LogP contribution in [0, 0.1) is 16.0 Å². The highest BCUT2D eigenvalue weighted by Gasteiger charge is 2.44. The van der Waals surface area contributed by atoms with Gasteiger partial charge in [-0.05, 0) is 17.9 Å². The van der Waals surface area contributed by atoms with Gasteiger partial charge in [-0.2, -0.15) is 0 Å². The van der Waals surface area contributed by atoms with Crippen LogP contribution in [-0.4, -0.2) is 10.7 Å². The average molecular weight is 267 g/mol. The second kappa shape index (κ2) is 4.89. The monoisotopic (exact) mass is 267 g/mol. The molecule has 0 heterocycles. The SMILES string of the molecule is O=C(c1ccccc1)C1CC1c1cccc([N+](=O)[O-])c1.